The molecule has 1 N–H and O–H groups in total. The average molecular weight is 613 g/mol. The van der Waals surface area contributed by atoms with Crippen molar-refractivity contribution in [2.24, 2.45) is 0 Å². The van der Waals surface area contributed by atoms with E-state index < -0.39 is 33.4 Å². The van der Waals surface area contributed by atoms with Crippen LogP contribution in [0.25, 0.3) is 0 Å². The first-order valence-corrected chi connectivity index (χ1v) is 15.6. The highest BCUT2D eigenvalue weighted by Crippen LogP contribution is 2.27. The molecule has 10 nitrogen and oxygen atoms in total. The number of anilines is 1. The van der Waals surface area contributed by atoms with E-state index in [1.807, 2.05) is 0 Å². The molecule has 1 fully saturated rings. The number of rotatable bonds is 12. The molecule has 2 amide bonds. The largest absolute Gasteiger partial charge is 0.352 e. The van der Waals surface area contributed by atoms with E-state index in [2.05, 4.69) is 5.32 Å². The number of benzene rings is 3. The maximum atomic E-state index is 14.1. The van der Waals surface area contributed by atoms with Crippen molar-refractivity contribution in [3.8, 4) is 0 Å². The van der Waals surface area contributed by atoms with Gasteiger partial charge in [0.1, 0.15) is 12.6 Å². The Labute approximate surface area is 250 Å². The van der Waals surface area contributed by atoms with Crippen LogP contribution in [0.4, 0.5) is 11.4 Å². The summed E-state index contributed by atoms with van der Waals surface area (Å²) in [7, 11) is -4.27. The van der Waals surface area contributed by atoms with Gasteiger partial charge in [0.05, 0.1) is 15.5 Å². The number of carbonyl (C=O) groups is 2. The topological polar surface area (TPSA) is 130 Å². The van der Waals surface area contributed by atoms with Crippen LogP contribution >= 0.6 is 11.6 Å². The first-order valence-electron chi connectivity index (χ1n) is 13.8. The fourth-order valence-electron chi connectivity index (χ4n) is 5.06. The van der Waals surface area contributed by atoms with Crippen LogP contribution in [0.2, 0.25) is 5.02 Å². The highest BCUT2D eigenvalue weighted by Gasteiger charge is 2.34. The summed E-state index contributed by atoms with van der Waals surface area (Å²) in [6, 6.07) is 18.6. The molecule has 0 aromatic heterocycles. The van der Waals surface area contributed by atoms with Gasteiger partial charge in [-0.2, -0.15) is 0 Å². The SMILES string of the molecule is CC[C@@H](C(=O)NC1CCCC1)N(Cc1ccc(Cl)cc1)C(=O)CN(c1ccc([N+](=O)[O-])cc1)S(=O)(=O)c1ccccc1. The minimum absolute atomic E-state index is 0.0362. The Kier molecular flexibility index (Phi) is 10.2. The Hall–Kier alpha value is -3.96. The molecule has 0 radical (unpaired) electrons. The van der Waals surface area contributed by atoms with Crippen molar-refractivity contribution in [3.63, 3.8) is 0 Å². The Bertz CT molecular complexity index is 1500. The summed E-state index contributed by atoms with van der Waals surface area (Å²) in [6.07, 6.45) is 4.10. The first-order chi connectivity index (χ1) is 20.1. The zero-order valence-electron chi connectivity index (χ0n) is 23.2. The fourth-order valence-corrected chi connectivity index (χ4v) is 6.62. The van der Waals surface area contributed by atoms with Gasteiger partial charge in [-0.05, 0) is 61.2 Å². The molecule has 222 valence electrons. The van der Waals surface area contributed by atoms with Crippen molar-refractivity contribution < 1.29 is 22.9 Å². The van der Waals surface area contributed by atoms with E-state index in [1.54, 1.807) is 49.4 Å². The first kappa shape index (κ1) is 31.0. The molecule has 3 aromatic rings. The van der Waals surface area contributed by atoms with Gasteiger partial charge in [-0.25, -0.2) is 8.42 Å². The van der Waals surface area contributed by atoms with Gasteiger partial charge in [0.25, 0.3) is 15.7 Å². The molecular formula is C30H33ClN4O6S. The average Bonchev–Trinajstić information content (AvgIpc) is 3.50. The molecule has 42 heavy (non-hydrogen) atoms. The molecule has 0 saturated heterocycles. The number of amides is 2. The molecule has 0 spiro atoms. The number of halogens is 1. The predicted molar refractivity (Wildman–Crippen MR) is 161 cm³/mol. The fraction of sp³-hybridized carbons (Fsp3) is 0.333. The maximum absolute atomic E-state index is 14.1. The van der Waals surface area contributed by atoms with Crippen LogP contribution in [0.3, 0.4) is 0 Å². The summed E-state index contributed by atoms with van der Waals surface area (Å²) in [6.45, 7) is 1.22. The van der Waals surface area contributed by atoms with E-state index in [9.17, 15) is 28.1 Å². The van der Waals surface area contributed by atoms with Crippen LogP contribution in [0, 0.1) is 10.1 Å². The number of nitrogens with one attached hydrogen (secondary N) is 1. The van der Waals surface area contributed by atoms with Gasteiger partial charge in [-0.3, -0.25) is 24.0 Å². The highest BCUT2D eigenvalue weighted by molar-refractivity contribution is 7.92. The van der Waals surface area contributed by atoms with Crippen LogP contribution in [-0.4, -0.2) is 48.7 Å². The minimum Gasteiger partial charge on any atom is -0.352 e. The zero-order chi connectivity index (χ0) is 30.3. The predicted octanol–water partition coefficient (Wildman–Crippen LogP) is 5.31. The monoisotopic (exact) mass is 612 g/mol. The van der Waals surface area contributed by atoms with Gasteiger partial charge < -0.3 is 10.2 Å². The lowest BCUT2D eigenvalue weighted by molar-refractivity contribution is -0.384. The molecule has 1 saturated carbocycles. The molecular weight excluding hydrogens is 580 g/mol. The number of sulfonamides is 1. The highest BCUT2D eigenvalue weighted by atomic mass is 35.5. The summed E-state index contributed by atoms with van der Waals surface area (Å²) in [5.74, 6) is -0.893. The summed E-state index contributed by atoms with van der Waals surface area (Å²) in [5, 5.41) is 14.8. The van der Waals surface area contributed by atoms with Crippen LogP contribution in [0.5, 0.6) is 0 Å². The third-order valence-corrected chi connectivity index (χ3v) is 9.35. The Morgan fingerprint density at radius 1 is 1.00 bits per heavy atom. The van der Waals surface area contributed by atoms with E-state index in [0.29, 0.717) is 17.0 Å². The quantitative estimate of drug-likeness (QED) is 0.218. The number of nitrogens with zero attached hydrogens (tertiary/aromatic N) is 3. The van der Waals surface area contributed by atoms with E-state index in [0.717, 1.165) is 30.0 Å². The lowest BCUT2D eigenvalue weighted by atomic mass is 10.1. The maximum Gasteiger partial charge on any atom is 0.269 e. The lowest BCUT2D eigenvalue weighted by Gasteiger charge is -2.33. The molecule has 1 atom stereocenters. The van der Waals surface area contributed by atoms with Crippen LogP contribution in [-0.2, 0) is 26.2 Å². The lowest BCUT2D eigenvalue weighted by Crippen LogP contribution is -2.53. The molecule has 0 heterocycles. The molecule has 4 rings (SSSR count). The third-order valence-electron chi connectivity index (χ3n) is 7.31. The van der Waals surface area contributed by atoms with Crippen LogP contribution in [0.1, 0.15) is 44.6 Å². The van der Waals surface area contributed by atoms with Gasteiger partial charge in [-0.15, -0.1) is 0 Å². The summed E-state index contributed by atoms with van der Waals surface area (Å²) >= 11 is 6.06. The number of non-ortho nitro benzene ring substituents is 1. The van der Waals surface area contributed by atoms with E-state index in [1.165, 1.54) is 41.3 Å². The van der Waals surface area contributed by atoms with Gasteiger partial charge in [0.15, 0.2) is 0 Å². The van der Waals surface area contributed by atoms with E-state index in [4.69, 9.17) is 11.6 Å². The normalized spacial score (nSPS) is 14.2. The van der Waals surface area contributed by atoms with E-state index in [-0.39, 0.29) is 34.8 Å². The Balaban J connectivity index is 1.71. The molecule has 12 heteroatoms. The van der Waals surface area contributed by atoms with Gasteiger partial charge in [0.2, 0.25) is 11.8 Å². The summed E-state index contributed by atoms with van der Waals surface area (Å²) < 4.78 is 28.6. The van der Waals surface area contributed by atoms with Crippen molar-refractivity contribution in [2.45, 2.75) is 62.6 Å². The summed E-state index contributed by atoms with van der Waals surface area (Å²) in [4.78, 5) is 39.6. The zero-order valence-corrected chi connectivity index (χ0v) is 24.8. The number of hydrogen-bond donors (Lipinski definition) is 1. The molecule has 0 bridgehead atoms. The second-order valence-electron chi connectivity index (χ2n) is 10.2. The minimum atomic E-state index is -4.27. The smallest absolute Gasteiger partial charge is 0.269 e. The van der Waals surface area contributed by atoms with Crippen molar-refractivity contribution in [1.82, 2.24) is 10.2 Å². The molecule has 3 aromatic carbocycles. The number of nitro benzene ring substituents is 1. The molecule has 1 aliphatic carbocycles. The standard InChI is InChI=1S/C30H33ClN4O6S/c1-2-28(30(37)32-24-8-6-7-9-24)33(20-22-12-14-23(31)15-13-22)29(36)21-34(25-16-18-26(19-17-25)35(38)39)42(40,41)27-10-4-3-5-11-27/h3-5,10-19,24,28H,2,6-9,20-21H2,1H3,(H,32,37)/t28-/m0/s1. The van der Waals surface area contributed by atoms with Crippen molar-refractivity contribution in [2.75, 3.05) is 10.8 Å². The second kappa shape index (κ2) is 13.8. The van der Waals surface area contributed by atoms with Gasteiger partial charge in [-0.1, -0.05) is 61.7 Å². The Morgan fingerprint density at radius 3 is 2.19 bits per heavy atom. The molecule has 0 unspecified atom stereocenters. The molecule has 1 aliphatic rings. The second-order valence-corrected chi connectivity index (χ2v) is 12.5. The molecule has 0 aliphatic heterocycles. The van der Waals surface area contributed by atoms with Crippen LogP contribution in [0.15, 0.2) is 83.8 Å². The van der Waals surface area contributed by atoms with Crippen molar-refractivity contribution in [3.05, 3.63) is 99.6 Å². The number of nitro groups is 1. The van der Waals surface area contributed by atoms with E-state index >= 15 is 0 Å². The van der Waals surface area contributed by atoms with Gasteiger partial charge in [0, 0.05) is 29.7 Å². The number of carbonyl (C=O) groups excluding carboxylic acids is 2. The van der Waals surface area contributed by atoms with Crippen molar-refractivity contribution in [1.29, 1.82) is 0 Å². The summed E-state index contributed by atoms with van der Waals surface area (Å²) in [5.41, 5.74) is 0.571. The van der Waals surface area contributed by atoms with Crippen LogP contribution < -0.4 is 9.62 Å². The third kappa shape index (κ3) is 7.46. The van der Waals surface area contributed by atoms with Gasteiger partial charge >= 0.3 is 0 Å². The number of hydrogen-bond acceptors (Lipinski definition) is 6. The van der Waals surface area contributed by atoms with Crippen molar-refractivity contribution >= 4 is 44.8 Å². The Morgan fingerprint density at radius 2 is 1.62 bits per heavy atom.